The molecule has 20 heavy (non-hydrogen) atoms. The summed E-state index contributed by atoms with van der Waals surface area (Å²) >= 11 is 0. The van der Waals surface area contributed by atoms with E-state index >= 15 is 0 Å². The highest BCUT2D eigenvalue weighted by molar-refractivity contribution is 6.08. The third kappa shape index (κ3) is 3.62. The Labute approximate surface area is 120 Å². The van der Waals surface area contributed by atoms with Gasteiger partial charge in [-0.2, -0.15) is 0 Å². The van der Waals surface area contributed by atoms with Crippen molar-refractivity contribution in [1.82, 2.24) is 4.90 Å². The fourth-order valence-corrected chi connectivity index (χ4v) is 2.34. The zero-order valence-corrected chi connectivity index (χ0v) is 11.5. The molecule has 1 atom stereocenters. The Hall–Kier alpha value is -1.78. The van der Waals surface area contributed by atoms with Gasteiger partial charge in [0, 0.05) is 6.42 Å². The first-order valence-electron chi connectivity index (χ1n) is 6.95. The number of cyclic esters (lactones) is 1. The molecule has 0 N–H and O–H groups in total. The summed E-state index contributed by atoms with van der Waals surface area (Å²) in [6.45, 7) is 0.274. The number of rotatable bonds is 6. The monoisotopic (exact) mass is 271 g/mol. The van der Waals surface area contributed by atoms with Crippen molar-refractivity contribution in [3.8, 4) is 0 Å². The molecule has 0 saturated carbocycles. The van der Waals surface area contributed by atoms with Crippen LogP contribution in [0.2, 0.25) is 6.32 Å². The van der Waals surface area contributed by atoms with Gasteiger partial charge in [0.2, 0.25) is 5.91 Å². The fourth-order valence-electron chi connectivity index (χ4n) is 2.34. The molecule has 1 aromatic carbocycles. The summed E-state index contributed by atoms with van der Waals surface area (Å²) in [4.78, 5) is 25.1. The molecule has 2 amide bonds. The van der Waals surface area contributed by atoms with Crippen LogP contribution in [0, 0.1) is 0 Å². The SMILES string of the molecule is [B]CCCCC(=O)N1C(=O)OC[C@@H]1Cc1ccccc1. The molecule has 1 aromatic rings. The van der Waals surface area contributed by atoms with Crippen LogP contribution in [0.3, 0.4) is 0 Å². The van der Waals surface area contributed by atoms with Crippen LogP contribution >= 0.6 is 0 Å². The highest BCUT2D eigenvalue weighted by atomic mass is 16.6. The number of ether oxygens (including phenoxy) is 1. The maximum absolute atomic E-state index is 12.1. The first kappa shape index (κ1) is 14.6. The second-order valence-corrected chi connectivity index (χ2v) is 4.93. The average Bonchev–Trinajstić information content (AvgIpc) is 2.81. The van der Waals surface area contributed by atoms with E-state index in [0.29, 0.717) is 25.6 Å². The smallest absolute Gasteiger partial charge is 0.416 e. The highest BCUT2D eigenvalue weighted by Crippen LogP contribution is 2.19. The Morgan fingerprint density at radius 1 is 1.30 bits per heavy atom. The minimum Gasteiger partial charge on any atom is -0.447 e. The quantitative estimate of drug-likeness (QED) is 0.589. The molecular formula is C15H18BNO3. The zero-order valence-electron chi connectivity index (χ0n) is 11.5. The molecule has 1 heterocycles. The zero-order chi connectivity index (χ0) is 14.4. The van der Waals surface area contributed by atoms with E-state index in [4.69, 9.17) is 12.6 Å². The van der Waals surface area contributed by atoms with Gasteiger partial charge >= 0.3 is 6.09 Å². The van der Waals surface area contributed by atoms with Crippen molar-refractivity contribution in [2.75, 3.05) is 6.61 Å². The second kappa shape index (κ2) is 7.13. The summed E-state index contributed by atoms with van der Waals surface area (Å²) in [5, 5.41) is 0. The topological polar surface area (TPSA) is 46.6 Å². The molecule has 1 aliphatic heterocycles. The summed E-state index contributed by atoms with van der Waals surface area (Å²) in [5.41, 5.74) is 1.09. The molecule has 1 fully saturated rings. The van der Waals surface area contributed by atoms with Gasteiger partial charge in [0.1, 0.15) is 6.61 Å². The molecule has 104 valence electrons. The van der Waals surface area contributed by atoms with Crippen molar-refractivity contribution >= 4 is 19.8 Å². The Bertz CT molecular complexity index is 463. The van der Waals surface area contributed by atoms with E-state index in [1.165, 1.54) is 4.90 Å². The second-order valence-electron chi connectivity index (χ2n) is 4.93. The normalized spacial score (nSPS) is 18.1. The van der Waals surface area contributed by atoms with Crippen molar-refractivity contribution in [3.63, 3.8) is 0 Å². The molecular weight excluding hydrogens is 253 g/mol. The van der Waals surface area contributed by atoms with Crippen molar-refractivity contribution < 1.29 is 14.3 Å². The maximum atomic E-state index is 12.1. The van der Waals surface area contributed by atoms with Gasteiger partial charge in [-0.25, -0.2) is 9.69 Å². The number of nitrogens with zero attached hydrogens (tertiary/aromatic N) is 1. The molecule has 5 heteroatoms. The van der Waals surface area contributed by atoms with E-state index in [1.54, 1.807) is 0 Å². The minimum atomic E-state index is -0.524. The fraction of sp³-hybridized carbons (Fsp3) is 0.467. The average molecular weight is 271 g/mol. The lowest BCUT2D eigenvalue weighted by molar-refractivity contribution is -0.129. The number of carbonyl (C=O) groups is 2. The van der Waals surface area contributed by atoms with Crippen LogP contribution in [0.5, 0.6) is 0 Å². The van der Waals surface area contributed by atoms with Gasteiger partial charge in [0.15, 0.2) is 0 Å². The minimum absolute atomic E-state index is 0.165. The van der Waals surface area contributed by atoms with E-state index in [2.05, 4.69) is 0 Å². The number of benzene rings is 1. The molecule has 0 spiro atoms. The molecule has 2 rings (SSSR count). The number of imide groups is 1. The number of carbonyl (C=O) groups excluding carboxylic acids is 2. The lowest BCUT2D eigenvalue weighted by Crippen LogP contribution is -2.40. The van der Waals surface area contributed by atoms with E-state index < -0.39 is 6.09 Å². The molecule has 0 unspecified atom stereocenters. The predicted octanol–water partition coefficient (Wildman–Crippen LogP) is 2.33. The molecule has 0 aliphatic carbocycles. The van der Waals surface area contributed by atoms with Gasteiger partial charge in [-0.3, -0.25) is 4.79 Å². The van der Waals surface area contributed by atoms with Gasteiger partial charge in [0.05, 0.1) is 13.9 Å². The largest absolute Gasteiger partial charge is 0.447 e. The molecule has 1 aliphatic rings. The Kier molecular flexibility index (Phi) is 5.21. The summed E-state index contributed by atoms with van der Waals surface area (Å²) in [6.07, 6.45) is 2.51. The van der Waals surface area contributed by atoms with Crippen molar-refractivity contribution in [2.24, 2.45) is 0 Å². The van der Waals surface area contributed by atoms with Crippen LogP contribution < -0.4 is 0 Å². The van der Waals surface area contributed by atoms with E-state index in [1.807, 2.05) is 30.3 Å². The number of unbranched alkanes of at least 4 members (excludes halogenated alkanes) is 1. The predicted molar refractivity (Wildman–Crippen MR) is 76.5 cm³/mol. The first-order chi connectivity index (χ1) is 9.72. The molecule has 1 saturated heterocycles. The summed E-state index contributed by atoms with van der Waals surface area (Å²) in [6, 6.07) is 9.60. The number of amides is 2. The third-order valence-electron chi connectivity index (χ3n) is 3.39. The summed E-state index contributed by atoms with van der Waals surface area (Å²) in [5.74, 6) is -0.165. The number of hydrogen-bond donors (Lipinski definition) is 0. The van der Waals surface area contributed by atoms with E-state index in [-0.39, 0.29) is 18.6 Å². The molecule has 0 aromatic heterocycles. The van der Waals surface area contributed by atoms with Crippen molar-refractivity contribution in [3.05, 3.63) is 35.9 Å². The lowest BCUT2D eigenvalue weighted by Gasteiger charge is -2.19. The van der Waals surface area contributed by atoms with Crippen LogP contribution in [-0.2, 0) is 16.0 Å². The van der Waals surface area contributed by atoms with Crippen LogP contribution in [-0.4, -0.2) is 37.4 Å². The summed E-state index contributed by atoms with van der Waals surface area (Å²) in [7, 11) is 5.41. The molecule has 0 bridgehead atoms. The maximum Gasteiger partial charge on any atom is 0.416 e. The third-order valence-corrected chi connectivity index (χ3v) is 3.39. The molecule has 2 radical (unpaired) electrons. The van der Waals surface area contributed by atoms with Gasteiger partial charge in [-0.05, 0) is 18.4 Å². The van der Waals surface area contributed by atoms with E-state index in [9.17, 15) is 9.59 Å². The van der Waals surface area contributed by atoms with Crippen molar-refractivity contribution in [1.29, 1.82) is 0 Å². The van der Waals surface area contributed by atoms with Crippen LogP contribution in [0.15, 0.2) is 30.3 Å². The van der Waals surface area contributed by atoms with Gasteiger partial charge in [-0.15, -0.1) is 0 Å². The van der Waals surface area contributed by atoms with Gasteiger partial charge in [-0.1, -0.05) is 43.1 Å². The Morgan fingerprint density at radius 3 is 2.75 bits per heavy atom. The van der Waals surface area contributed by atoms with E-state index in [0.717, 1.165) is 12.0 Å². The standard InChI is InChI=1S/C15H18BNO3/c16-9-5-4-8-14(18)17-13(11-20-15(17)19)10-12-6-2-1-3-7-12/h1-3,6-7,13H,4-5,8-11H2/t13-/m0/s1. The Balaban J connectivity index is 1.97. The van der Waals surface area contributed by atoms with Gasteiger partial charge < -0.3 is 4.74 Å². The number of hydrogen-bond acceptors (Lipinski definition) is 3. The molecule has 4 nitrogen and oxygen atoms in total. The lowest BCUT2D eigenvalue weighted by atomic mass is 9.99. The van der Waals surface area contributed by atoms with Crippen LogP contribution in [0.25, 0.3) is 0 Å². The van der Waals surface area contributed by atoms with Crippen molar-refractivity contribution in [2.45, 2.75) is 38.0 Å². The Morgan fingerprint density at radius 2 is 2.05 bits per heavy atom. The van der Waals surface area contributed by atoms with Gasteiger partial charge in [0.25, 0.3) is 0 Å². The summed E-state index contributed by atoms with van der Waals surface area (Å²) < 4.78 is 5.02. The first-order valence-corrected chi connectivity index (χ1v) is 6.95. The van der Waals surface area contributed by atoms with Crippen LogP contribution in [0.1, 0.15) is 24.8 Å². The highest BCUT2D eigenvalue weighted by Gasteiger charge is 2.37. The van der Waals surface area contributed by atoms with Crippen LogP contribution in [0.4, 0.5) is 4.79 Å².